The van der Waals surface area contributed by atoms with Gasteiger partial charge in [0.2, 0.25) is 5.78 Å². The number of phenolic OH excluding ortho intramolecular Hbond substituents is 1. The van der Waals surface area contributed by atoms with Crippen molar-refractivity contribution in [1.82, 2.24) is 9.88 Å². The maximum atomic E-state index is 13.3. The summed E-state index contributed by atoms with van der Waals surface area (Å²) in [5, 5.41) is 11.8. The van der Waals surface area contributed by atoms with Crippen LogP contribution in [-0.4, -0.2) is 27.3 Å². The molecule has 0 spiro atoms. The van der Waals surface area contributed by atoms with Crippen LogP contribution >= 0.6 is 23.2 Å². The Labute approximate surface area is 208 Å². The third-order valence-corrected chi connectivity index (χ3v) is 7.08. The number of aryl methyl sites for hydroxylation is 1. The minimum Gasteiger partial charge on any atom is -0.507 e. The Hall–Kier alpha value is -2.86. The molecule has 0 saturated carbocycles. The van der Waals surface area contributed by atoms with Gasteiger partial charge in [-0.2, -0.15) is 0 Å². The number of aromatic hydroxyl groups is 1. The van der Waals surface area contributed by atoms with Gasteiger partial charge in [-0.25, -0.2) is 0 Å². The maximum Gasteiger partial charge on any atom is 0.232 e. The van der Waals surface area contributed by atoms with Crippen LogP contribution in [0, 0.1) is 6.92 Å². The van der Waals surface area contributed by atoms with Crippen LogP contribution in [0.15, 0.2) is 54.6 Å². The molecule has 1 aromatic heterocycles. The summed E-state index contributed by atoms with van der Waals surface area (Å²) in [6, 6.07) is 11.0. The van der Waals surface area contributed by atoms with E-state index in [-0.39, 0.29) is 23.3 Å². The van der Waals surface area contributed by atoms with E-state index in [1.807, 2.05) is 12.3 Å². The molecule has 3 heterocycles. The van der Waals surface area contributed by atoms with Crippen LogP contribution in [0.5, 0.6) is 11.5 Å². The normalized spacial score (nSPS) is 19.3. The van der Waals surface area contributed by atoms with Gasteiger partial charge < -0.3 is 9.84 Å². The molecule has 5 nitrogen and oxygen atoms in total. The Kier molecular flexibility index (Phi) is 6.34. The van der Waals surface area contributed by atoms with Gasteiger partial charge >= 0.3 is 0 Å². The number of ketones is 1. The molecule has 0 aliphatic carbocycles. The predicted octanol–water partition coefficient (Wildman–Crippen LogP) is 6.75. The van der Waals surface area contributed by atoms with E-state index in [1.54, 1.807) is 43.5 Å². The summed E-state index contributed by atoms with van der Waals surface area (Å²) in [6.45, 7) is 3.16. The lowest BCUT2D eigenvalue weighted by molar-refractivity contribution is 0.101. The van der Waals surface area contributed by atoms with Crippen LogP contribution < -0.4 is 4.74 Å². The molecule has 5 rings (SSSR count). The molecule has 1 fully saturated rings. The Morgan fingerprint density at radius 1 is 1.24 bits per heavy atom. The average Bonchev–Trinajstić information content (AvgIpc) is 3.15. The molecule has 3 aromatic rings. The third kappa shape index (κ3) is 4.31. The number of phenols is 1. The van der Waals surface area contributed by atoms with Gasteiger partial charge in [-0.3, -0.25) is 14.7 Å². The van der Waals surface area contributed by atoms with Crippen molar-refractivity contribution in [3.63, 3.8) is 0 Å². The highest BCUT2D eigenvalue weighted by Crippen LogP contribution is 2.44. The number of pyridine rings is 1. The number of hydrogen-bond donors (Lipinski definition) is 1. The van der Waals surface area contributed by atoms with Crippen LogP contribution in [-0.2, 0) is 6.54 Å². The zero-order chi connectivity index (χ0) is 23.8. The number of aromatic nitrogens is 1. The van der Waals surface area contributed by atoms with Gasteiger partial charge in [0, 0.05) is 35.0 Å². The smallest absolute Gasteiger partial charge is 0.232 e. The number of halogens is 2. The Morgan fingerprint density at radius 3 is 2.85 bits per heavy atom. The molecule has 7 heteroatoms. The lowest BCUT2D eigenvalue weighted by Crippen LogP contribution is -2.33. The van der Waals surface area contributed by atoms with Crippen molar-refractivity contribution in [3.8, 4) is 11.5 Å². The van der Waals surface area contributed by atoms with E-state index >= 15 is 0 Å². The molecule has 0 bridgehead atoms. The summed E-state index contributed by atoms with van der Waals surface area (Å²) in [5.74, 6) is 0.513. The Balaban J connectivity index is 1.51. The van der Waals surface area contributed by atoms with Gasteiger partial charge in [-0.15, -0.1) is 0 Å². The van der Waals surface area contributed by atoms with Crippen molar-refractivity contribution in [2.45, 2.75) is 38.8 Å². The summed E-state index contributed by atoms with van der Waals surface area (Å²) < 4.78 is 6.10. The van der Waals surface area contributed by atoms with E-state index in [2.05, 4.69) is 16.0 Å². The van der Waals surface area contributed by atoms with Crippen molar-refractivity contribution >= 4 is 35.1 Å². The molecule has 2 aromatic carbocycles. The predicted molar refractivity (Wildman–Crippen MR) is 133 cm³/mol. The number of hydrogen-bond acceptors (Lipinski definition) is 5. The maximum absolute atomic E-state index is 13.3. The summed E-state index contributed by atoms with van der Waals surface area (Å²) in [7, 11) is 0. The van der Waals surface area contributed by atoms with Gasteiger partial charge in [0.05, 0.1) is 11.1 Å². The molecule has 1 atom stereocenters. The first-order valence-electron chi connectivity index (χ1n) is 11.3. The Morgan fingerprint density at radius 2 is 2.09 bits per heavy atom. The number of Topliss-reactive ketones (excluding diaryl/α,β-unsaturated/α-hetero) is 1. The molecule has 0 amide bonds. The summed E-state index contributed by atoms with van der Waals surface area (Å²) in [5.41, 5.74) is 3.57. The van der Waals surface area contributed by atoms with Crippen LogP contribution in [0.1, 0.15) is 57.9 Å². The van der Waals surface area contributed by atoms with Crippen LogP contribution in [0.4, 0.5) is 0 Å². The highest BCUT2D eigenvalue weighted by Gasteiger charge is 2.35. The number of rotatable bonds is 4. The molecular formula is C27H24Cl2N2O3. The van der Waals surface area contributed by atoms with E-state index in [0.29, 0.717) is 44.6 Å². The van der Waals surface area contributed by atoms with Gasteiger partial charge in [0.15, 0.2) is 5.76 Å². The number of carbonyl (C=O) groups excluding carboxylic acids is 1. The lowest BCUT2D eigenvalue weighted by atomic mass is 9.94. The number of likely N-dealkylation sites (tertiary alicyclic amines) is 1. The van der Waals surface area contributed by atoms with E-state index < -0.39 is 0 Å². The number of piperidine rings is 1. The van der Waals surface area contributed by atoms with Crippen molar-refractivity contribution < 1.29 is 14.6 Å². The highest BCUT2D eigenvalue weighted by molar-refractivity contribution is 6.35. The van der Waals surface area contributed by atoms with Crippen LogP contribution in [0.25, 0.3) is 6.08 Å². The lowest BCUT2D eigenvalue weighted by Gasteiger charge is -2.36. The summed E-state index contributed by atoms with van der Waals surface area (Å²) >= 11 is 12.3. The second kappa shape index (κ2) is 9.41. The fraction of sp³-hybridized carbons (Fsp3) is 0.259. The standard InChI is InChI=1S/C27H24Cl2N2O3/c1-16-11-23(32)20(15-31-10-3-2-6-22(31)18-5-4-9-30-14-18)27-25(16)26(33)24(34-27)12-17-7-8-19(28)13-21(17)29/h4-5,7-9,11-14,22,32H,2-3,6,10,15H2,1H3/b24-12-/t22-/m0/s1. The quantitative estimate of drug-likeness (QED) is 0.406. The van der Waals surface area contributed by atoms with E-state index in [1.165, 1.54) is 0 Å². The van der Waals surface area contributed by atoms with Gasteiger partial charge in [-0.05, 0) is 73.3 Å². The molecule has 0 radical (unpaired) electrons. The first-order chi connectivity index (χ1) is 16.4. The number of nitrogens with zero attached hydrogens (tertiary/aromatic N) is 2. The van der Waals surface area contributed by atoms with Crippen molar-refractivity contribution in [2.24, 2.45) is 0 Å². The molecule has 34 heavy (non-hydrogen) atoms. The summed E-state index contributed by atoms with van der Waals surface area (Å²) in [4.78, 5) is 19.9. The topological polar surface area (TPSA) is 62.7 Å². The zero-order valence-corrected chi connectivity index (χ0v) is 20.2. The number of benzene rings is 2. The van der Waals surface area contributed by atoms with Crippen LogP contribution in [0.3, 0.4) is 0 Å². The summed E-state index contributed by atoms with van der Waals surface area (Å²) in [6.07, 6.45) is 8.53. The van der Waals surface area contributed by atoms with Gasteiger partial charge in [-0.1, -0.05) is 41.8 Å². The second-order valence-electron chi connectivity index (χ2n) is 8.77. The number of carbonyl (C=O) groups is 1. The first-order valence-corrected chi connectivity index (χ1v) is 12.1. The largest absolute Gasteiger partial charge is 0.507 e. The SMILES string of the molecule is Cc1cc(O)c(CN2CCCC[C@H]2c2cccnc2)c2c1C(=O)/C(=C/c1ccc(Cl)cc1Cl)O2. The van der Waals surface area contributed by atoms with Gasteiger partial charge in [0.25, 0.3) is 0 Å². The molecule has 1 saturated heterocycles. The monoisotopic (exact) mass is 494 g/mol. The average molecular weight is 495 g/mol. The zero-order valence-electron chi connectivity index (χ0n) is 18.7. The molecule has 2 aliphatic rings. The highest BCUT2D eigenvalue weighted by atomic mass is 35.5. The minimum atomic E-state index is -0.220. The Bertz CT molecular complexity index is 1290. The molecule has 0 unspecified atom stereocenters. The number of allylic oxidation sites excluding steroid dienone is 1. The number of ether oxygens (including phenoxy) is 1. The van der Waals surface area contributed by atoms with Crippen molar-refractivity contribution in [2.75, 3.05) is 6.54 Å². The minimum absolute atomic E-state index is 0.130. The number of fused-ring (bicyclic) bond motifs is 1. The van der Waals surface area contributed by atoms with E-state index in [9.17, 15) is 9.90 Å². The molecule has 2 aliphatic heterocycles. The van der Waals surface area contributed by atoms with Crippen molar-refractivity contribution in [1.29, 1.82) is 0 Å². The van der Waals surface area contributed by atoms with Crippen molar-refractivity contribution in [3.05, 3.63) is 92.4 Å². The third-order valence-electron chi connectivity index (χ3n) is 6.51. The van der Waals surface area contributed by atoms with E-state index in [0.717, 1.165) is 31.4 Å². The molecule has 1 N–H and O–H groups in total. The fourth-order valence-electron chi connectivity index (χ4n) is 4.83. The second-order valence-corrected chi connectivity index (χ2v) is 9.61. The van der Waals surface area contributed by atoms with E-state index in [4.69, 9.17) is 27.9 Å². The van der Waals surface area contributed by atoms with Crippen LogP contribution in [0.2, 0.25) is 10.0 Å². The fourth-order valence-corrected chi connectivity index (χ4v) is 5.29. The van der Waals surface area contributed by atoms with Gasteiger partial charge in [0.1, 0.15) is 11.5 Å². The molecular weight excluding hydrogens is 471 g/mol. The molecule has 174 valence electrons. The first kappa shape index (κ1) is 22.9.